The minimum Gasteiger partial charge on any atom is -0.387 e. The first-order valence-electron chi connectivity index (χ1n) is 5.51. The Morgan fingerprint density at radius 3 is 2.75 bits per heavy atom. The molecule has 3 saturated heterocycles. The predicted molar refractivity (Wildman–Crippen MR) is 72.3 cm³/mol. The predicted octanol–water partition coefficient (Wildman–Crippen LogP) is 2.19. The fourth-order valence-electron chi connectivity index (χ4n) is 3.40. The van der Waals surface area contributed by atoms with Gasteiger partial charge in [-0.25, -0.2) is 0 Å². The number of hydrogen-bond acceptors (Lipinski definition) is 3. The van der Waals surface area contributed by atoms with Crippen molar-refractivity contribution in [3.8, 4) is 0 Å². The van der Waals surface area contributed by atoms with E-state index in [1.54, 1.807) is 0 Å². The Balaban J connectivity index is 1.85. The van der Waals surface area contributed by atoms with Gasteiger partial charge in [-0.15, -0.1) is 0 Å². The van der Waals surface area contributed by atoms with Crippen molar-refractivity contribution in [2.75, 3.05) is 7.05 Å². The minimum atomic E-state index is -0.642. The van der Waals surface area contributed by atoms with Crippen molar-refractivity contribution in [1.82, 2.24) is 4.90 Å². The number of fused-ring (bicyclic) bond motifs is 4. The largest absolute Gasteiger partial charge is 0.387 e. The van der Waals surface area contributed by atoms with Gasteiger partial charge < -0.3 is 9.84 Å². The average molecular weight is 420 g/mol. The van der Waals surface area contributed by atoms with Crippen LogP contribution in [0.25, 0.3) is 0 Å². The van der Waals surface area contributed by atoms with Crippen LogP contribution < -0.4 is 0 Å². The summed E-state index contributed by atoms with van der Waals surface area (Å²) in [7, 11) is 2.17. The van der Waals surface area contributed by atoms with Crippen LogP contribution in [0.15, 0.2) is 0 Å². The highest BCUT2D eigenvalue weighted by molar-refractivity contribution is 9.39. The molecular weight excluding hydrogens is 406 g/mol. The zero-order valence-corrected chi connectivity index (χ0v) is 13.6. The molecule has 2 bridgehead atoms. The maximum absolute atomic E-state index is 10.4. The van der Waals surface area contributed by atoms with Gasteiger partial charge in [-0.05, 0) is 26.3 Å². The van der Waals surface area contributed by atoms with E-state index < -0.39 is 8.25 Å². The third-order valence-corrected chi connectivity index (χ3v) is 5.64. The van der Waals surface area contributed by atoms with Crippen LogP contribution in [0.5, 0.6) is 0 Å². The number of alkyl halides is 3. The lowest BCUT2D eigenvalue weighted by Crippen LogP contribution is -2.52. The number of rotatable bonds is 1. The van der Waals surface area contributed by atoms with Crippen LogP contribution in [0.1, 0.15) is 19.3 Å². The number of likely N-dealkylation sites (N-methyl/N-ethyl adjacent to an activating group) is 1. The van der Waals surface area contributed by atoms with Crippen molar-refractivity contribution in [1.29, 1.82) is 0 Å². The monoisotopic (exact) mass is 417 g/mol. The quantitative estimate of drug-likeness (QED) is 0.523. The first-order chi connectivity index (χ1) is 7.36. The summed E-state index contributed by atoms with van der Waals surface area (Å²) in [6, 6.07) is 1.05. The minimum absolute atomic E-state index is 0.193. The molecule has 3 aliphatic rings. The molecule has 3 heterocycles. The first-order valence-corrected chi connectivity index (χ1v) is 7.89. The number of ether oxygens (including phenoxy) is 1. The Kier molecular flexibility index (Phi) is 2.83. The van der Waals surface area contributed by atoms with Gasteiger partial charge in [0.05, 0.1) is 0 Å². The highest BCUT2D eigenvalue weighted by atomic mass is 80.0. The lowest BCUT2D eigenvalue weighted by Gasteiger charge is -2.36. The van der Waals surface area contributed by atoms with Gasteiger partial charge in [-0.1, -0.05) is 47.8 Å². The molecule has 3 aliphatic heterocycles. The van der Waals surface area contributed by atoms with Crippen LogP contribution in [0.4, 0.5) is 0 Å². The van der Waals surface area contributed by atoms with E-state index >= 15 is 0 Å². The van der Waals surface area contributed by atoms with Gasteiger partial charge in [0.25, 0.3) is 0 Å². The maximum atomic E-state index is 10.4. The van der Waals surface area contributed by atoms with Gasteiger partial charge in [-0.3, -0.25) is 4.90 Å². The molecule has 4 unspecified atom stereocenters. The highest BCUT2D eigenvalue weighted by Gasteiger charge is 2.72. The molecule has 6 heteroatoms. The molecule has 0 aliphatic carbocycles. The number of hydrogen-bond donors (Lipinski definition) is 1. The Labute approximate surface area is 120 Å². The summed E-state index contributed by atoms with van der Waals surface area (Å²) in [6.07, 6.45) is 2.96. The Morgan fingerprint density at radius 1 is 1.44 bits per heavy atom. The number of aliphatic hydroxyl groups excluding tert-OH is 1. The van der Waals surface area contributed by atoms with E-state index in [9.17, 15) is 5.11 Å². The van der Waals surface area contributed by atoms with Crippen molar-refractivity contribution in [2.24, 2.45) is 0 Å². The smallest absolute Gasteiger partial charge is 0.163 e. The summed E-state index contributed by atoms with van der Waals surface area (Å²) in [5, 5.41) is 10.4. The fraction of sp³-hybridized carbons (Fsp3) is 1.00. The Morgan fingerprint density at radius 2 is 2.12 bits per heavy atom. The summed E-state index contributed by atoms with van der Waals surface area (Å²) in [6.45, 7) is 0. The number of nitrogens with zero attached hydrogens (tertiary/aromatic N) is 1. The molecule has 0 aromatic heterocycles. The van der Waals surface area contributed by atoms with E-state index in [-0.39, 0.29) is 11.7 Å². The van der Waals surface area contributed by atoms with E-state index in [4.69, 9.17) is 4.74 Å². The molecule has 92 valence electrons. The van der Waals surface area contributed by atoms with Crippen LogP contribution >= 0.6 is 47.8 Å². The van der Waals surface area contributed by atoms with Crippen molar-refractivity contribution < 1.29 is 9.84 Å². The zero-order chi connectivity index (χ0) is 11.7. The van der Waals surface area contributed by atoms with E-state index in [1.807, 2.05) is 0 Å². The van der Waals surface area contributed by atoms with Crippen LogP contribution in [0.2, 0.25) is 0 Å². The molecule has 0 radical (unpaired) electrons. The molecular formula is C10H14Br3NO2. The summed E-state index contributed by atoms with van der Waals surface area (Å²) in [5.41, 5.74) is -0.352. The molecule has 1 N–H and O–H groups in total. The zero-order valence-electron chi connectivity index (χ0n) is 8.87. The SMILES string of the molecule is CN1C2CCC1C1O[C@@]1(C(O)C(Br)(Br)Br)C2. The molecule has 0 saturated carbocycles. The van der Waals surface area contributed by atoms with Gasteiger partial charge in [0.15, 0.2) is 2.14 Å². The second-order valence-electron chi connectivity index (χ2n) is 5.11. The molecule has 0 spiro atoms. The van der Waals surface area contributed by atoms with Crippen LogP contribution in [0.3, 0.4) is 0 Å². The number of epoxide rings is 1. The third-order valence-electron chi connectivity index (χ3n) is 4.34. The summed E-state index contributed by atoms with van der Waals surface area (Å²) in [5.74, 6) is 0. The molecule has 0 aromatic rings. The number of halogens is 3. The summed E-state index contributed by atoms with van der Waals surface area (Å²) < 4.78 is 5.23. The van der Waals surface area contributed by atoms with Crippen LogP contribution in [0, 0.1) is 0 Å². The molecule has 5 atom stereocenters. The van der Waals surface area contributed by atoms with E-state index in [0.29, 0.717) is 12.1 Å². The van der Waals surface area contributed by atoms with Crippen molar-refractivity contribution in [2.45, 2.75) is 51.3 Å². The molecule has 16 heavy (non-hydrogen) atoms. The standard InChI is InChI=1S/C10H14Br3NO2/c1-14-5-2-3-6(14)7-9(4-5,16-7)8(15)10(11,12)13/h5-8,15H,2-4H2,1H3/t5?,6?,7?,8?,9-/m0/s1. The molecule has 3 fully saturated rings. The molecule has 0 amide bonds. The van der Waals surface area contributed by atoms with Gasteiger partial charge in [0.1, 0.15) is 17.8 Å². The average Bonchev–Trinajstić information content (AvgIpc) is 2.81. The summed E-state index contributed by atoms with van der Waals surface area (Å²) >= 11 is 10.2. The molecule has 3 nitrogen and oxygen atoms in total. The van der Waals surface area contributed by atoms with Crippen molar-refractivity contribution in [3.63, 3.8) is 0 Å². The van der Waals surface area contributed by atoms with Gasteiger partial charge in [-0.2, -0.15) is 0 Å². The van der Waals surface area contributed by atoms with Crippen LogP contribution in [-0.2, 0) is 4.74 Å². The fourth-order valence-corrected chi connectivity index (χ4v) is 4.56. The van der Waals surface area contributed by atoms with E-state index in [0.717, 1.165) is 6.42 Å². The summed E-state index contributed by atoms with van der Waals surface area (Å²) in [4.78, 5) is 2.42. The maximum Gasteiger partial charge on any atom is 0.163 e. The lowest BCUT2D eigenvalue weighted by atomic mass is 9.87. The molecule has 0 aromatic carbocycles. The van der Waals surface area contributed by atoms with Crippen molar-refractivity contribution >= 4 is 47.8 Å². The topological polar surface area (TPSA) is 36.0 Å². The number of aliphatic hydroxyl groups is 1. The second-order valence-corrected chi connectivity index (χ2v) is 12.1. The lowest BCUT2D eigenvalue weighted by molar-refractivity contribution is 0.0586. The van der Waals surface area contributed by atoms with E-state index in [1.165, 1.54) is 12.8 Å². The van der Waals surface area contributed by atoms with E-state index in [2.05, 4.69) is 59.7 Å². The van der Waals surface area contributed by atoms with Crippen molar-refractivity contribution in [3.05, 3.63) is 0 Å². The Bertz CT molecular complexity index is 322. The second kappa shape index (κ2) is 3.67. The first kappa shape index (κ1) is 12.4. The normalized spacial score (nSPS) is 48.9. The third kappa shape index (κ3) is 1.60. The van der Waals surface area contributed by atoms with Gasteiger partial charge >= 0.3 is 0 Å². The highest BCUT2D eigenvalue weighted by Crippen LogP contribution is 2.59. The van der Waals surface area contributed by atoms with Crippen LogP contribution in [-0.4, -0.2) is 49.1 Å². The molecule has 3 rings (SSSR count). The van der Waals surface area contributed by atoms with Gasteiger partial charge in [0, 0.05) is 12.1 Å². The number of piperidine rings is 1. The Hall–Kier alpha value is 1.32. The van der Waals surface area contributed by atoms with Gasteiger partial charge in [0.2, 0.25) is 0 Å².